The van der Waals surface area contributed by atoms with E-state index in [1.807, 2.05) is 7.05 Å². The van der Waals surface area contributed by atoms with Gasteiger partial charge < -0.3 is 9.84 Å². The van der Waals surface area contributed by atoms with Crippen molar-refractivity contribution in [3.8, 4) is 11.3 Å². The third-order valence-corrected chi connectivity index (χ3v) is 2.06. The van der Waals surface area contributed by atoms with Gasteiger partial charge in [-0.05, 0) is 19.2 Å². The van der Waals surface area contributed by atoms with Crippen LogP contribution in [-0.4, -0.2) is 12.2 Å². The van der Waals surface area contributed by atoms with Crippen molar-refractivity contribution in [2.75, 3.05) is 7.05 Å². The van der Waals surface area contributed by atoms with Crippen molar-refractivity contribution >= 4 is 0 Å². The molecule has 0 atom stereocenters. The molecule has 1 N–H and O–H groups in total. The molecule has 0 unspecified atom stereocenters. The van der Waals surface area contributed by atoms with Gasteiger partial charge in [-0.25, -0.2) is 4.39 Å². The lowest BCUT2D eigenvalue weighted by Gasteiger charge is -1.95. The fraction of sp³-hybridized carbons (Fsp3) is 0.182. The second kappa shape index (κ2) is 4.23. The van der Waals surface area contributed by atoms with E-state index in [1.165, 1.54) is 6.07 Å². The number of benzene rings is 1. The molecular weight excluding hydrogens is 195 g/mol. The van der Waals surface area contributed by atoms with Crippen molar-refractivity contribution in [2.24, 2.45) is 0 Å². The predicted molar refractivity (Wildman–Crippen MR) is 54.7 cm³/mol. The maximum Gasteiger partial charge on any atom is 0.151 e. The van der Waals surface area contributed by atoms with Crippen molar-refractivity contribution in [1.29, 1.82) is 0 Å². The summed E-state index contributed by atoms with van der Waals surface area (Å²) in [6.45, 7) is 0.585. The molecule has 0 fully saturated rings. The molecule has 0 aliphatic heterocycles. The van der Waals surface area contributed by atoms with Crippen molar-refractivity contribution in [3.63, 3.8) is 0 Å². The largest absolute Gasteiger partial charge is 0.359 e. The lowest BCUT2D eigenvalue weighted by atomic mass is 10.1. The normalized spacial score (nSPS) is 10.5. The summed E-state index contributed by atoms with van der Waals surface area (Å²) < 4.78 is 18.4. The fourth-order valence-electron chi connectivity index (χ4n) is 1.37. The lowest BCUT2D eigenvalue weighted by Crippen LogP contribution is -2.03. The highest BCUT2D eigenvalue weighted by Gasteiger charge is 2.09. The summed E-state index contributed by atoms with van der Waals surface area (Å²) in [6, 6.07) is 8.23. The molecule has 15 heavy (non-hydrogen) atoms. The second-order valence-electron chi connectivity index (χ2n) is 3.19. The molecule has 1 aromatic carbocycles. The lowest BCUT2D eigenvalue weighted by molar-refractivity contribution is 0.379. The Hall–Kier alpha value is -1.68. The second-order valence-corrected chi connectivity index (χ2v) is 3.19. The molecule has 2 rings (SSSR count). The topological polar surface area (TPSA) is 38.1 Å². The van der Waals surface area contributed by atoms with Crippen LogP contribution < -0.4 is 5.32 Å². The number of aromatic nitrogens is 1. The highest BCUT2D eigenvalue weighted by atomic mass is 19.1. The Morgan fingerprint density at radius 3 is 2.93 bits per heavy atom. The van der Waals surface area contributed by atoms with Crippen LogP contribution in [0, 0.1) is 5.82 Å². The standard InChI is InChI=1S/C11H11FN2O/c1-13-7-8-6-11(14-15-8)9-4-2-3-5-10(9)12/h2-6,13H,7H2,1H3. The number of rotatable bonds is 3. The van der Waals surface area contributed by atoms with Gasteiger partial charge in [-0.1, -0.05) is 17.3 Å². The van der Waals surface area contributed by atoms with Gasteiger partial charge in [-0.15, -0.1) is 0 Å². The van der Waals surface area contributed by atoms with E-state index in [0.717, 1.165) is 0 Å². The minimum atomic E-state index is -0.290. The predicted octanol–water partition coefficient (Wildman–Crippen LogP) is 2.20. The van der Waals surface area contributed by atoms with Gasteiger partial charge in [-0.2, -0.15) is 0 Å². The highest BCUT2D eigenvalue weighted by Crippen LogP contribution is 2.21. The zero-order chi connectivity index (χ0) is 10.7. The third kappa shape index (κ3) is 2.05. The molecule has 0 bridgehead atoms. The number of hydrogen-bond acceptors (Lipinski definition) is 3. The molecule has 1 aromatic heterocycles. The zero-order valence-electron chi connectivity index (χ0n) is 8.33. The number of nitrogens with zero attached hydrogens (tertiary/aromatic N) is 1. The zero-order valence-corrected chi connectivity index (χ0v) is 8.33. The van der Waals surface area contributed by atoms with Crippen LogP contribution in [0.5, 0.6) is 0 Å². The Morgan fingerprint density at radius 1 is 1.40 bits per heavy atom. The van der Waals surface area contributed by atoms with Crippen LogP contribution in [0.4, 0.5) is 4.39 Å². The van der Waals surface area contributed by atoms with Gasteiger partial charge in [-0.3, -0.25) is 0 Å². The van der Waals surface area contributed by atoms with Crippen LogP contribution in [0.1, 0.15) is 5.76 Å². The van der Waals surface area contributed by atoms with Gasteiger partial charge in [0.1, 0.15) is 11.5 Å². The minimum Gasteiger partial charge on any atom is -0.359 e. The first-order valence-electron chi connectivity index (χ1n) is 4.66. The number of nitrogens with one attached hydrogen (secondary N) is 1. The third-order valence-electron chi connectivity index (χ3n) is 2.06. The molecule has 0 spiro atoms. The van der Waals surface area contributed by atoms with Crippen molar-refractivity contribution in [2.45, 2.75) is 6.54 Å². The average Bonchev–Trinajstić information content (AvgIpc) is 2.68. The molecule has 3 nitrogen and oxygen atoms in total. The van der Waals surface area contributed by atoms with Gasteiger partial charge in [0.15, 0.2) is 5.76 Å². The quantitative estimate of drug-likeness (QED) is 0.836. The maximum absolute atomic E-state index is 13.4. The first kappa shape index (κ1) is 9.86. The Balaban J connectivity index is 2.33. The van der Waals surface area contributed by atoms with Crippen LogP contribution >= 0.6 is 0 Å². The Bertz CT molecular complexity index is 453. The van der Waals surface area contributed by atoms with Gasteiger partial charge in [0.25, 0.3) is 0 Å². The molecular formula is C11H11FN2O. The molecule has 0 saturated carbocycles. The van der Waals surface area contributed by atoms with Crippen molar-refractivity contribution < 1.29 is 8.91 Å². The van der Waals surface area contributed by atoms with Gasteiger partial charge in [0.05, 0.1) is 6.54 Å². The molecule has 0 aliphatic carbocycles. The van der Waals surface area contributed by atoms with Crippen LogP contribution in [0.25, 0.3) is 11.3 Å². The summed E-state index contributed by atoms with van der Waals surface area (Å²) >= 11 is 0. The molecule has 2 aromatic rings. The van der Waals surface area contributed by atoms with Gasteiger partial charge in [0.2, 0.25) is 0 Å². The van der Waals surface area contributed by atoms with E-state index < -0.39 is 0 Å². The fourth-order valence-corrected chi connectivity index (χ4v) is 1.37. The highest BCUT2D eigenvalue weighted by molar-refractivity contribution is 5.59. The molecule has 78 valence electrons. The summed E-state index contributed by atoms with van der Waals surface area (Å²) in [5, 5.41) is 6.75. The summed E-state index contributed by atoms with van der Waals surface area (Å²) in [5.41, 5.74) is 0.988. The number of halogens is 1. The SMILES string of the molecule is CNCc1cc(-c2ccccc2F)no1. The molecule has 4 heteroatoms. The van der Waals surface area contributed by atoms with Crippen LogP contribution in [0.15, 0.2) is 34.9 Å². The Kier molecular flexibility index (Phi) is 2.78. The minimum absolute atomic E-state index is 0.290. The summed E-state index contributed by atoms with van der Waals surface area (Å²) in [4.78, 5) is 0. The molecule has 0 radical (unpaired) electrons. The average molecular weight is 206 g/mol. The van der Waals surface area contributed by atoms with Crippen LogP contribution in [0.2, 0.25) is 0 Å². The van der Waals surface area contributed by atoms with E-state index in [0.29, 0.717) is 23.6 Å². The van der Waals surface area contributed by atoms with Crippen molar-refractivity contribution in [1.82, 2.24) is 10.5 Å². The summed E-state index contributed by atoms with van der Waals surface area (Å²) in [5.74, 6) is 0.401. The maximum atomic E-state index is 13.4. The monoisotopic (exact) mass is 206 g/mol. The van der Waals surface area contributed by atoms with Crippen LogP contribution in [0.3, 0.4) is 0 Å². The van der Waals surface area contributed by atoms with Crippen molar-refractivity contribution in [3.05, 3.63) is 41.9 Å². The molecule has 0 saturated heterocycles. The Morgan fingerprint density at radius 2 is 2.20 bits per heavy atom. The van der Waals surface area contributed by atoms with E-state index in [1.54, 1.807) is 24.3 Å². The first-order chi connectivity index (χ1) is 7.31. The van der Waals surface area contributed by atoms with Gasteiger partial charge in [0, 0.05) is 11.6 Å². The van der Waals surface area contributed by atoms with Gasteiger partial charge >= 0.3 is 0 Å². The van der Waals surface area contributed by atoms with E-state index >= 15 is 0 Å². The van der Waals surface area contributed by atoms with Crippen LogP contribution in [-0.2, 0) is 6.54 Å². The molecule has 0 amide bonds. The summed E-state index contributed by atoms with van der Waals surface area (Å²) in [7, 11) is 1.81. The number of hydrogen-bond donors (Lipinski definition) is 1. The van der Waals surface area contributed by atoms with E-state index in [9.17, 15) is 4.39 Å². The van der Waals surface area contributed by atoms with E-state index in [4.69, 9.17) is 4.52 Å². The summed E-state index contributed by atoms with van der Waals surface area (Å²) in [6.07, 6.45) is 0. The van der Waals surface area contributed by atoms with E-state index in [-0.39, 0.29) is 5.82 Å². The molecule has 0 aliphatic rings. The van der Waals surface area contributed by atoms with E-state index in [2.05, 4.69) is 10.5 Å². The first-order valence-corrected chi connectivity index (χ1v) is 4.66. The Labute approximate surface area is 86.9 Å². The molecule has 1 heterocycles. The smallest absolute Gasteiger partial charge is 0.151 e.